The molecule has 0 unspecified atom stereocenters. The molecule has 0 spiro atoms. The van der Waals surface area contributed by atoms with E-state index in [2.05, 4.69) is 4.98 Å². The van der Waals surface area contributed by atoms with Crippen LogP contribution in [0.5, 0.6) is 0 Å². The quantitative estimate of drug-likeness (QED) is 0.276. The van der Waals surface area contributed by atoms with E-state index in [0.29, 0.717) is 16.8 Å². The Bertz CT molecular complexity index is 1060. The maximum absolute atomic E-state index is 12.4. The third kappa shape index (κ3) is 3.37. The second-order valence-electron chi connectivity index (χ2n) is 5.52. The van der Waals surface area contributed by atoms with Crippen molar-refractivity contribution < 1.29 is 61.1 Å². The Morgan fingerprint density at radius 2 is 2.04 bits per heavy atom. The summed E-state index contributed by atoms with van der Waals surface area (Å²) in [6, 6.07) is 4.79. The second-order valence-corrected chi connectivity index (χ2v) is 9.62. The van der Waals surface area contributed by atoms with Gasteiger partial charge in [0.2, 0.25) is 0 Å². The largest absolute Gasteiger partial charge is 1.00 e. The molecule has 0 N–H and O–H groups in total. The number of rotatable bonds is 3. The smallest absolute Gasteiger partial charge is 0.543 e. The standard InChI is InChI=1S/C14H12N2O7S2.Na/c1-24(20,21)10-7-25(22,23)13-9(6-8-4-2-3-5-15-8)12(17)16(13)11(10)14(18)19;/h2-6,13H,7H2,1H3,(H,18,19);/q;+1/p-1/b9-6+;/t13-;/m1./s1. The van der Waals surface area contributed by atoms with Crippen molar-refractivity contribution in [3.63, 3.8) is 0 Å². The minimum Gasteiger partial charge on any atom is -0.543 e. The monoisotopic (exact) mass is 406 g/mol. The molecule has 3 rings (SSSR count). The van der Waals surface area contributed by atoms with Gasteiger partial charge in [-0.1, -0.05) is 6.07 Å². The molecule has 3 heterocycles. The predicted molar refractivity (Wildman–Crippen MR) is 83.5 cm³/mol. The van der Waals surface area contributed by atoms with Gasteiger partial charge in [-0.15, -0.1) is 0 Å². The average molecular weight is 406 g/mol. The fourth-order valence-electron chi connectivity index (χ4n) is 2.71. The first-order valence-electron chi connectivity index (χ1n) is 6.86. The number of sulfone groups is 2. The van der Waals surface area contributed by atoms with E-state index in [4.69, 9.17) is 0 Å². The van der Waals surface area contributed by atoms with Crippen LogP contribution in [0.4, 0.5) is 0 Å². The van der Waals surface area contributed by atoms with Gasteiger partial charge >= 0.3 is 29.6 Å². The van der Waals surface area contributed by atoms with Gasteiger partial charge < -0.3 is 9.90 Å². The summed E-state index contributed by atoms with van der Waals surface area (Å²) < 4.78 is 48.4. The first kappa shape index (κ1) is 20.8. The minimum atomic E-state index is -4.16. The van der Waals surface area contributed by atoms with Crippen molar-refractivity contribution in [1.82, 2.24) is 9.88 Å². The molecular formula is C14H11N2NaO7S2. The molecule has 1 aromatic heterocycles. The maximum atomic E-state index is 12.4. The molecule has 0 aliphatic carbocycles. The minimum absolute atomic E-state index is 0. The summed E-state index contributed by atoms with van der Waals surface area (Å²) >= 11 is 0. The molecule has 26 heavy (non-hydrogen) atoms. The van der Waals surface area contributed by atoms with E-state index >= 15 is 0 Å². The van der Waals surface area contributed by atoms with Crippen LogP contribution in [0.15, 0.2) is 40.6 Å². The van der Waals surface area contributed by atoms with E-state index in [1.165, 1.54) is 18.3 Å². The number of nitrogens with zero attached hydrogens (tertiary/aromatic N) is 2. The molecule has 0 aromatic carbocycles. The number of aliphatic carboxylic acids is 1. The van der Waals surface area contributed by atoms with Gasteiger partial charge in [-0.2, -0.15) is 0 Å². The summed E-state index contributed by atoms with van der Waals surface area (Å²) in [6.45, 7) is 0. The first-order valence-corrected chi connectivity index (χ1v) is 10.5. The van der Waals surface area contributed by atoms with Crippen LogP contribution < -0.4 is 34.7 Å². The second kappa shape index (κ2) is 6.89. The molecule has 0 radical (unpaired) electrons. The summed E-state index contributed by atoms with van der Waals surface area (Å²) in [7, 11) is -8.30. The van der Waals surface area contributed by atoms with E-state index in [1.54, 1.807) is 12.1 Å². The summed E-state index contributed by atoms with van der Waals surface area (Å²) in [5, 5.41) is 9.80. The Kier molecular flexibility index (Phi) is 5.51. The molecule has 1 amide bonds. The van der Waals surface area contributed by atoms with Crippen molar-refractivity contribution >= 4 is 37.6 Å². The number of carbonyl (C=O) groups is 2. The van der Waals surface area contributed by atoms with E-state index in [-0.39, 0.29) is 35.1 Å². The third-order valence-electron chi connectivity index (χ3n) is 3.78. The van der Waals surface area contributed by atoms with Crippen LogP contribution in [-0.4, -0.2) is 56.0 Å². The van der Waals surface area contributed by atoms with Crippen molar-refractivity contribution in [1.29, 1.82) is 0 Å². The molecule has 1 saturated heterocycles. The van der Waals surface area contributed by atoms with Gasteiger partial charge in [-0.3, -0.25) is 14.7 Å². The van der Waals surface area contributed by atoms with E-state index in [1.807, 2.05) is 0 Å². The van der Waals surface area contributed by atoms with Gasteiger partial charge in [0.05, 0.1) is 33.6 Å². The number of carbonyl (C=O) groups excluding carboxylic acids is 2. The Morgan fingerprint density at radius 1 is 1.38 bits per heavy atom. The van der Waals surface area contributed by atoms with E-state index < -0.39 is 53.3 Å². The summed E-state index contributed by atoms with van der Waals surface area (Å²) in [5.41, 5.74) is -0.788. The number of pyridine rings is 1. The maximum Gasteiger partial charge on any atom is 1.00 e. The van der Waals surface area contributed by atoms with Crippen molar-refractivity contribution in [3.8, 4) is 0 Å². The number of fused-ring (bicyclic) bond motifs is 1. The van der Waals surface area contributed by atoms with E-state index in [0.717, 1.165) is 0 Å². The number of carboxylic acids is 1. The van der Waals surface area contributed by atoms with Crippen LogP contribution in [0.1, 0.15) is 5.69 Å². The van der Waals surface area contributed by atoms with Gasteiger partial charge in [-0.25, -0.2) is 16.8 Å². The topological polar surface area (TPSA) is 142 Å². The number of carboxylic acid groups (broad SMARTS) is 1. The van der Waals surface area contributed by atoms with Crippen LogP contribution >= 0.6 is 0 Å². The van der Waals surface area contributed by atoms with Crippen molar-refractivity contribution in [2.45, 2.75) is 5.37 Å². The van der Waals surface area contributed by atoms with Crippen LogP contribution in [-0.2, 0) is 29.3 Å². The summed E-state index contributed by atoms with van der Waals surface area (Å²) in [5.74, 6) is -3.85. The molecule has 132 valence electrons. The molecule has 1 aromatic rings. The zero-order valence-electron chi connectivity index (χ0n) is 13.7. The molecule has 0 saturated carbocycles. The predicted octanol–water partition coefficient (Wildman–Crippen LogP) is -4.93. The molecule has 9 nitrogen and oxygen atoms in total. The normalized spacial score (nSPS) is 23.1. The molecular weight excluding hydrogens is 395 g/mol. The Labute approximate surface area is 171 Å². The average Bonchev–Trinajstić information content (AvgIpc) is 2.51. The van der Waals surface area contributed by atoms with Crippen molar-refractivity contribution in [3.05, 3.63) is 46.3 Å². The molecule has 0 bridgehead atoms. The van der Waals surface area contributed by atoms with Crippen LogP contribution in [0.3, 0.4) is 0 Å². The Balaban J connectivity index is 0.00000243. The Hall–Kier alpha value is -1.53. The summed E-state index contributed by atoms with van der Waals surface area (Å²) in [6.07, 6.45) is 3.35. The van der Waals surface area contributed by atoms with Crippen LogP contribution in [0.2, 0.25) is 0 Å². The first-order chi connectivity index (χ1) is 11.5. The summed E-state index contributed by atoms with van der Waals surface area (Å²) in [4.78, 5) is 27.2. The fourth-order valence-corrected chi connectivity index (χ4v) is 6.33. The van der Waals surface area contributed by atoms with Crippen LogP contribution in [0, 0.1) is 0 Å². The van der Waals surface area contributed by atoms with Crippen molar-refractivity contribution in [2.24, 2.45) is 0 Å². The number of hydrogen-bond donors (Lipinski definition) is 0. The molecule has 1 fully saturated rings. The Morgan fingerprint density at radius 3 is 2.54 bits per heavy atom. The van der Waals surface area contributed by atoms with Gasteiger partial charge in [0.15, 0.2) is 25.0 Å². The zero-order valence-corrected chi connectivity index (χ0v) is 17.4. The van der Waals surface area contributed by atoms with Gasteiger partial charge in [0, 0.05) is 12.5 Å². The fraction of sp³-hybridized carbons (Fsp3) is 0.214. The molecule has 2 aliphatic rings. The van der Waals surface area contributed by atoms with Crippen molar-refractivity contribution in [2.75, 3.05) is 12.0 Å². The van der Waals surface area contributed by atoms with E-state index in [9.17, 15) is 31.5 Å². The van der Waals surface area contributed by atoms with Crippen LogP contribution in [0.25, 0.3) is 6.08 Å². The number of β-lactam (4-membered cyclic amide) rings is 1. The number of aromatic nitrogens is 1. The van der Waals surface area contributed by atoms with Gasteiger partial charge in [0.25, 0.3) is 5.91 Å². The molecule has 12 heteroatoms. The number of hydrogen-bond acceptors (Lipinski definition) is 8. The molecule has 1 atom stereocenters. The molecule has 2 aliphatic heterocycles. The van der Waals surface area contributed by atoms with Gasteiger partial charge in [-0.05, 0) is 18.2 Å². The SMILES string of the molecule is CS(=O)(=O)C1=C(C(=O)[O-])N2C(=O)/C(=C\c3ccccn3)[C@H]2S(=O)(=O)C1.[Na+]. The third-order valence-corrected chi connectivity index (χ3v) is 7.03. The number of amides is 1. The van der Waals surface area contributed by atoms with Gasteiger partial charge in [0.1, 0.15) is 0 Å². The zero-order chi connectivity index (χ0) is 18.6.